The van der Waals surface area contributed by atoms with Gasteiger partial charge in [0.1, 0.15) is 0 Å². The van der Waals surface area contributed by atoms with Crippen LogP contribution < -0.4 is 11.1 Å². The van der Waals surface area contributed by atoms with Crippen molar-refractivity contribution in [3.05, 3.63) is 29.3 Å². The standard InChI is InChI=1S/C16H24N2O3/c1-5-6-11(3)18-15(19)12(4)21-16(20)13-9-10(2)7-8-14(13)17/h7-9,11-12H,5-6,17H2,1-4H3,(H,18,19). The molecule has 1 aromatic rings. The molecule has 1 rings (SSSR count). The molecule has 21 heavy (non-hydrogen) atoms. The molecule has 2 unspecified atom stereocenters. The molecule has 0 spiro atoms. The van der Waals surface area contributed by atoms with Crippen molar-refractivity contribution < 1.29 is 14.3 Å². The normalized spacial score (nSPS) is 13.3. The summed E-state index contributed by atoms with van der Waals surface area (Å²) in [7, 11) is 0. The highest BCUT2D eigenvalue weighted by Crippen LogP contribution is 2.15. The van der Waals surface area contributed by atoms with E-state index in [-0.39, 0.29) is 17.5 Å². The quantitative estimate of drug-likeness (QED) is 0.623. The number of anilines is 1. The summed E-state index contributed by atoms with van der Waals surface area (Å²) in [6.07, 6.45) is 1.02. The highest BCUT2D eigenvalue weighted by molar-refractivity contribution is 5.97. The smallest absolute Gasteiger partial charge is 0.341 e. The molecule has 0 aliphatic carbocycles. The topological polar surface area (TPSA) is 81.4 Å². The number of rotatable bonds is 6. The monoisotopic (exact) mass is 292 g/mol. The Morgan fingerprint density at radius 3 is 2.62 bits per heavy atom. The van der Waals surface area contributed by atoms with E-state index in [9.17, 15) is 9.59 Å². The fourth-order valence-corrected chi connectivity index (χ4v) is 1.99. The molecule has 1 aromatic carbocycles. The summed E-state index contributed by atoms with van der Waals surface area (Å²) in [4.78, 5) is 24.0. The van der Waals surface area contributed by atoms with Gasteiger partial charge in [0.05, 0.1) is 5.56 Å². The number of nitrogens with two attached hydrogens (primary N) is 1. The van der Waals surface area contributed by atoms with Gasteiger partial charge >= 0.3 is 5.97 Å². The SMILES string of the molecule is CCCC(C)NC(=O)C(C)OC(=O)c1cc(C)ccc1N. The molecule has 0 saturated heterocycles. The van der Waals surface area contributed by atoms with Crippen LogP contribution in [-0.2, 0) is 9.53 Å². The van der Waals surface area contributed by atoms with Gasteiger partial charge in [0.2, 0.25) is 0 Å². The second-order valence-electron chi connectivity index (χ2n) is 5.34. The molecule has 0 aromatic heterocycles. The lowest BCUT2D eigenvalue weighted by atomic mass is 10.1. The zero-order valence-corrected chi connectivity index (χ0v) is 13.1. The molecular weight excluding hydrogens is 268 g/mol. The van der Waals surface area contributed by atoms with Crippen LogP contribution in [-0.4, -0.2) is 24.0 Å². The van der Waals surface area contributed by atoms with E-state index >= 15 is 0 Å². The lowest BCUT2D eigenvalue weighted by Gasteiger charge is -2.18. The third kappa shape index (κ3) is 5.10. The van der Waals surface area contributed by atoms with E-state index < -0.39 is 12.1 Å². The Balaban J connectivity index is 2.65. The molecule has 0 aliphatic rings. The number of ether oxygens (including phenoxy) is 1. The third-order valence-corrected chi connectivity index (χ3v) is 3.19. The first-order valence-electron chi connectivity index (χ1n) is 7.22. The highest BCUT2D eigenvalue weighted by Gasteiger charge is 2.21. The van der Waals surface area contributed by atoms with Crippen molar-refractivity contribution in [3.63, 3.8) is 0 Å². The number of benzene rings is 1. The Labute approximate surface area is 125 Å². The van der Waals surface area contributed by atoms with Crippen molar-refractivity contribution in [2.24, 2.45) is 0 Å². The van der Waals surface area contributed by atoms with E-state index in [1.807, 2.05) is 26.8 Å². The van der Waals surface area contributed by atoms with Crippen LogP contribution in [0, 0.1) is 6.92 Å². The lowest BCUT2D eigenvalue weighted by molar-refractivity contribution is -0.129. The average molecular weight is 292 g/mol. The van der Waals surface area contributed by atoms with Crippen LogP contribution in [0.15, 0.2) is 18.2 Å². The number of esters is 1. The van der Waals surface area contributed by atoms with E-state index in [1.165, 1.54) is 0 Å². The Kier molecular flexibility index (Phi) is 6.21. The van der Waals surface area contributed by atoms with Gasteiger partial charge in [-0.05, 0) is 39.3 Å². The van der Waals surface area contributed by atoms with Crippen LogP contribution >= 0.6 is 0 Å². The van der Waals surface area contributed by atoms with Gasteiger partial charge in [-0.15, -0.1) is 0 Å². The van der Waals surface area contributed by atoms with E-state index in [4.69, 9.17) is 10.5 Å². The number of nitrogen functional groups attached to an aromatic ring is 1. The Morgan fingerprint density at radius 2 is 2.00 bits per heavy atom. The van der Waals surface area contributed by atoms with Crippen molar-refractivity contribution in [1.82, 2.24) is 5.32 Å². The Hall–Kier alpha value is -2.04. The minimum absolute atomic E-state index is 0.0627. The largest absolute Gasteiger partial charge is 0.449 e. The van der Waals surface area contributed by atoms with Crippen LogP contribution in [0.5, 0.6) is 0 Å². The van der Waals surface area contributed by atoms with E-state index in [0.717, 1.165) is 18.4 Å². The Bertz CT molecular complexity index is 514. The van der Waals surface area contributed by atoms with Crippen molar-refractivity contribution in [2.75, 3.05) is 5.73 Å². The van der Waals surface area contributed by atoms with E-state index in [1.54, 1.807) is 19.1 Å². The molecule has 5 heteroatoms. The number of aryl methyl sites for hydroxylation is 1. The minimum atomic E-state index is -0.850. The summed E-state index contributed by atoms with van der Waals surface area (Å²) in [5.41, 5.74) is 7.30. The van der Waals surface area contributed by atoms with Crippen molar-refractivity contribution in [1.29, 1.82) is 0 Å². The molecule has 0 heterocycles. The van der Waals surface area contributed by atoms with Crippen LogP contribution in [0.2, 0.25) is 0 Å². The highest BCUT2D eigenvalue weighted by atomic mass is 16.5. The Morgan fingerprint density at radius 1 is 1.33 bits per heavy atom. The maximum absolute atomic E-state index is 12.1. The summed E-state index contributed by atoms with van der Waals surface area (Å²) in [6, 6.07) is 5.18. The van der Waals surface area contributed by atoms with Crippen LogP contribution in [0.25, 0.3) is 0 Å². The van der Waals surface area contributed by atoms with Crippen molar-refractivity contribution >= 4 is 17.6 Å². The molecule has 0 fully saturated rings. The van der Waals surface area contributed by atoms with Gasteiger partial charge in [0, 0.05) is 11.7 Å². The van der Waals surface area contributed by atoms with Gasteiger partial charge in [-0.2, -0.15) is 0 Å². The average Bonchev–Trinajstić information content (AvgIpc) is 2.41. The van der Waals surface area contributed by atoms with Gasteiger partial charge in [-0.25, -0.2) is 4.79 Å². The molecule has 0 saturated carbocycles. The number of hydrogen-bond donors (Lipinski definition) is 2. The molecule has 116 valence electrons. The molecule has 5 nitrogen and oxygen atoms in total. The molecule has 1 amide bonds. The van der Waals surface area contributed by atoms with Gasteiger partial charge in [0.25, 0.3) is 5.91 Å². The number of carbonyl (C=O) groups excluding carboxylic acids is 2. The van der Waals surface area contributed by atoms with Crippen LogP contribution in [0.1, 0.15) is 49.5 Å². The summed E-state index contributed by atoms with van der Waals surface area (Å²) >= 11 is 0. The number of amides is 1. The second-order valence-corrected chi connectivity index (χ2v) is 5.34. The maximum atomic E-state index is 12.1. The molecule has 0 bridgehead atoms. The van der Waals surface area contributed by atoms with Crippen LogP contribution in [0.4, 0.5) is 5.69 Å². The summed E-state index contributed by atoms with van der Waals surface area (Å²) in [6.45, 7) is 7.39. The molecule has 0 radical (unpaired) electrons. The minimum Gasteiger partial charge on any atom is -0.449 e. The first kappa shape index (κ1) is 17.0. The zero-order valence-electron chi connectivity index (χ0n) is 13.1. The van der Waals surface area contributed by atoms with Crippen molar-refractivity contribution in [3.8, 4) is 0 Å². The molecule has 2 atom stereocenters. The first-order chi connectivity index (χ1) is 9.85. The molecule has 0 aliphatic heterocycles. The maximum Gasteiger partial charge on any atom is 0.341 e. The van der Waals surface area contributed by atoms with Gasteiger partial charge < -0.3 is 15.8 Å². The predicted octanol–water partition coefficient (Wildman–Crippen LogP) is 2.43. The summed E-state index contributed by atoms with van der Waals surface area (Å²) < 4.78 is 5.18. The third-order valence-electron chi connectivity index (χ3n) is 3.19. The zero-order chi connectivity index (χ0) is 16.0. The van der Waals surface area contributed by atoms with Gasteiger partial charge in [-0.1, -0.05) is 25.0 Å². The number of hydrogen-bond acceptors (Lipinski definition) is 4. The molecule has 3 N–H and O–H groups in total. The van der Waals surface area contributed by atoms with Gasteiger partial charge in [0.15, 0.2) is 6.10 Å². The summed E-state index contributed by atoms with van der Waals surface area (Å²) in [5, 5.41) is 2.82. The summed E-state index contributed by atoms with van der Waals surface area (Å²) in [5.74, 6) is -0.877. The fraction of sp³-hybridized carbons (Fsp3) is 0.500. The van der Waals surface area contributed by atoms with Gasteiger partial charge in [-0.3, -0.25) is 4.79 Å². The van der Waals surface area contributed by atoms with E-state index in [0.29, 0.717) is 5.69 Å². The number of nitrogens with one attached hydrogen (secondary N) is 1. The van der Waals surface area contributed by atoms with Crippen molar-refractivity contribution in [2.45, 2.75) is 52.7 Å². The van der Waals surface area contributed by atoms with E-state index in [2.05, 4.69) is 5.32 Å². The number of carbonyl (C=O) groups is 2. The predicted molar refractivity (Wildman–Crippen MR) is 83.0 cm³/mol. The van der Waals surface area contributed by atoms with Crippen LogP contribution in [0.3, 0.4) is 0 Å². The second kappa shape index (κ2) is 7.67. The lowest BCUT2D eigenvalue weighted by Crippen LogP contribution is -2.40. The fourth-order valence-electron chi connectivity index (χ4n) is 1.99. The first-order valence-corrected chi connectivity index (χ1v) is 7.22. The molecular formula is C16H24N2O3.